The van der Waals surface area contributed by atoms with Crippen LogP contribution in [0.3, 0.4) is 0 Å². The van der Waals surface area contributed by atoms with Gasteiger partial charge in [-0.1, -0.05) is 12.1 Å². The lowest BCUT2D eigenvalue weighted by Crippen LogP contribution is -2.23. The number of nitrogens with one attached hydrogen (secondary N) is 1. The van der Waals surface area contributed by atoms with Crippen molar-refractivity contribution < 1.29 is 27.9 Å². The number of carboxylic acids is 1. The van der Waals surface area contributed by atoms with Crippen LogP contribution in [0.2, 0.25) is 0 Å². The average Bonchev–Trinajstić information content (AvgIpc) is 2.35. The minimum atomic E-state index is -3.83. The van der Waals surface area contributed by atoms with Gasteiger partial charge in [-0.2, -0.15) is 0 Å². The zero-order valence-electron chi connectivity index (χ0n) is 10.8. The molecule has 7 nitrogen and oxygen atoms in total. The number of carboxylic acid groups (broad SMARTS) is 1. The number of ether oxygens (including phenoxy) is 1. The molecule has 8 heteroatoms. The van der Waals surface area contributed by atoms with E-state index in [1.165, 1.54) is 12.1 Å². The molecule has 110 valence electrons. The number of aryl methyl sites for hydroxylation is 1. The number of hydrogen-bond donors (Lipinski definition) is 2. The maximum Gasteiger partial charge on any atom is 0.322 e. The van der Waals surface area contributed by atoms with Crippen LogP contribution < -0.4 is 4.72 Å². The molecule has 0 fully saturated rings. The van der Waals surface area contributed by atoms with Crippen LogP contribution in [0.25, 0.3) is 0 Å². The number of carbonyl (C=O) groups is 2. The van der Waals surface area contributed by atoms with Gasteiger partial charge in [0.05, 0.1) is 7.11 Å². The molecule has 0 saturated heterocycles. The van der Waals surface area contributed by atoms with E-state index in [4.69, 9.17) is 5.11 Å². The predicted molar refractivity (Wildman–Crippen MR) is 71.8 cm³/mol. The summed E-state index contributed by atoms with van der Waals surface area (Å²) in [5.74, 6) is -2.57. The van der Waals surface area contributed by atoms with Gasteiger partial charge in [0.25, 0.3) is 0 Å². The van der Waals surface area contributed by atoms with Gasteiger partial charge in [-0.15, -0.1) is 0 Å². The Bertz CT molecular complexity index is 596. The van der Waals surface area contributed by atoms with Crippen molar-refractivity contribution in [1.82, 2.24) is 0 Å². The molecule has 20 heavy (non-hydrogen) atoms. The summed E-state index contributed by atoms with van der Waals surface area (Å²) in [5, 5.41) is 8.59. The Morgan fingerprint density at radius 1 is 1.35 bits per heavy atom. The van der Waals surface area contributed by atoms with Crippen molar-refractivity contribution in [2.24, 2.45) is 0 Å². The highest BCUT2D eigenvalue weighted by Crippen LogP contribution is 2.14. The molecule has 0 amide bonds. The van der Waals surface area contributed by atoms with Crippen molar-refractivity contribution in [3.63, 3.8) is 0 Å². The van der Waals surface area contributed by atoms with Crippen molar-refractivity contribution in [2.75, 3.05) is 17.6 Å². The van der Waals surface area contributed by atoms with Gasteiger partial charge in [-0.05, 0) is 24.1 Å². The molecule has 0 aliphatic heterocycles. The van der Waals surface area contributed by atoms with Crippen molar-refractivity contribution in [1.29, 1.82) is 0 Å². The lowest BCUT2D eigenvalue weighted by Gasteiger charge is -2.08. The second-order valence-electron chi connectivity index (χ2n) is 4.03. The van der Waals surface area contributed by atoms with E-state index in [1.807, 2.05) is 0 Å². The fourth-order valence-electron chi connectivity index (χ4n) is 1.47. The first-order chi connectivity index (χ1) is 9.32. The molecule has 0 spiro atoms. The molecule has 2 N–H and O–H groups in total. The molecule has 0 heterocycles. The summed E-state index contributed by atoms with van der Waals surface area (Å²) in [6, 6.07) is 6.34. The van der Waals surface area contributed by atoms with Crippen LogP contribution in [0.1, 0.15) is 12.0 Å². The minimum Gasteiger partial charge on any atom is -0.481 e. The molecular formula is C12H15NO6S. The van der Waals surface area contributed by atoms with E-state index in [9.17, 15) is 18.0 Å². The van der Waals surface area contributed by atoms with Gasteiger partial charge in [-0.3, -0.25) is 14.3 Å². The number of esters is 1. The maximum absolute atomic E-state index is 11.6. The Morgan fingerprint density at radius 3 is 2.65 bits per heavy atom. The summed E-state index contributed by atoms with van der Waals surface area (Å²) in [6.45, 7) is 0. The van der Waals surface area contributed by atoms with E-state index in [0.717, 1.165) is 7.11 Å². The molecule has 0 aliphatic rings. The first kappa shape index (κ1) is 16.0. The number of aliphatic carboxylic acids is 1. The van der Waals surface area contributed by atoms with Crippen LogP contribution in [0.4, 0.5) is 5.69 Å². The van der Waals surface area contributed by atoms with Gasteiger partial charge in [0.15, 0.2) is 5.75 Å². The highest BCUT2D eigenvalue weighted by molar-refractivity contribution is 7.93. The zero-order valence-corrected chi connectivity index (χ0v) is 11.6. The molecule has 0 aliphatic carbocycles. The minimum absolute atomic E-state index is 0.0433. The molecule has 0 radical (unpaired) electrons. The highest BCUT2D eigenvalue weighted by atomic mass is 32.2. The van der Waals surface area contributed by atoms with E-state index >= 15 is 0 Å². The molecule has 0 bridgehead atoms. The number of rotatable bonds is 7. The molecule has 1 rings (SSSR count). The monoisotopic (exact) mass is 301 g/mol. The summed E-state index contributed by atoms with van der Waals surface area (Å²) in [5.41, 5.74) is 0.961. The molecule has 0 aromatic heterocycles. The molecule has 0 unspecified atom stereocenters. The van der Waals surface area contributed by atoms with Gasteiger partial charge in [-0.25, -0.2) is 8.42 Å². The third-order valence-corrected chi connectivity index (χ3v) is 3.53. The van der Waals surface area contributed by atoms with Crippen LogP contribution in [-0.4, -0.2) is 38.3 Å². The Morgan fingerprint density at radius 2 is 2.05 bits per heavy atom. The summed E-state index contributed by atoms with van der Waals surface area (Å²) in [4.78, 5) is 21.4. The maximum atomic E-state index is 11.6. The van der Waals surface area contributed by atoms with Crippen LogP contribution >= 0.6 is 0 Å². The second-order valence-corrected chi connectivity index (χ2v) is 5.75. The number of anilines is 1. The topological polar surface area (TPSA) is 110 Å². The van der Waals surface area contributed by atoms with Crippen LogP contribution in [-0.2, 0) is 30.8 Å². The summed E-state index contributed by atoms with van der Waals surface area (Å²) in [7, 11) is -2.73. The number of carbonyl (C=O) groups excluding carboxylic acids is 1. The molecule has 0 atom stereocenters. The van der Waals surface area contributed by atoms with Crippen molar-refractivity contribution in [2.45, 2.75) is 12.8 Å². The number of benzene rings is 1. The predicted octanol–water partition coefficient (Wildman–Crippen LogP) is 0.618. The van der Waals surface area contributed by atoms with Gasteiger partial charge < -0.3 is 9.84 Å². The Labute approximate surface area is 116 Å². The fourth-order valence-corrected chi connectivity index (χ4v) is 2.46. The quantitative estimate of drug-likeness (QED) is 0.714. The number of hydrogen-bond acceptors (Lipinski definition) is 5. The van der Waals surface area contributed by atoms with E-state index in [2.05, 4.69) is 9.46 Å². The second kappa shape index (κ2) is 6.90. The standard InChI is InChI=1S/C12H15NO6S/c1-19-12(16)8-20(17,18)13-10-4-2-3-9(7-10)5-6-11(14)15/h2-4,7,13H,5-6,8H2,1H3,(H,14,15). The lowest BCUT2D eigenvalue weighted by molar-refractivity contribution is -0.138. The van der Waals surface area contributed by atoms with Crippen molar-refractivity contribution >= 4 is 27.6 Å². The first-order valence-corrected chi connectivity index (χ1v) is 7.35. The van der Waals surface area contributed by atoms with Crippen LogP contribution in [0.15, 0.2) is 24.3 Å². The van der Waals surface area contributed by atoms with Gasteiger partial charge >= 0.3 is 11.9 Å². The molecule has 1 aromatic rings. The first-order valence-electron chi connectivity index (χ1n) is 5.70. The summed E-state index contributed by atoms with van der Waals surface area (Å²) >= 11 is 0. The Balaban J connectivity index is 2.75. The molecular weight excluding hydrogens is 286 g/mol. The zero-order chi connectivity index (χ0) is 15.2. The third kappa shape index (κ3) is 5.70. The van der Waals surface area contributed by atoms with E-state index in [1.54, 1.807) is 12.1 Å². The van der Waals surface area contributed by atoms with Gasteiger partial charge in [0, 0.05) is 12.1 Å². The van der Waals surface area contributed by atoms with E-state index in [-0.39, 0.29) is 12.1 Å². The smallest absolute Gasteiger partial charge is 0.322 e. The lowest BCUT2D eigenvalue weighted by atomic mass is 10.1. The average molecular weight is 301 g/mol. The van der Waals surface area contributed by atoms with Crippen molar-refractivity contribution in [3.05, 3.63) is 29.8 Å². The fraction of sp³-hybridized carbons (Fsp3) is 0.333. The Hall–Kier alpha value is -2.09. The SMILES string of the molecule is COC(=O)CS(=O)(=O)Nc1cccc(CCC(=O)O)c1. The summed E-state index contributed by atoms with van der Waals surface area (Å²) in [6.07, 6.45) is 0.250. The van der Waals surface area contributed by atoms with E-state index < -0.39 is 27.7 Å². The summed E-state index contributed by atoms with van der Waals surface area (Å²) < 4.78 is 29.8. The highest BCUT2D eigenvalue weighted by Gasteiger charge is 2.16. The largest absolute Gasteiger partial charge is 0.481 e. The van der Waals surface area contributed by atoms with Crippen LogP contribution in [0.5, 0.6) is 0 Å². The molecule has 0 saturated carbocycles. The van der Waals surface area contributed by atoms with Gasteiger partial charge in [0.1, 0.15) is 0 Å². The third-order valence-electron chi connectivity index (χ3n) is 2.36. The number of sulfonamides is 1. The Kier molecular flexibility index (Phi) is 5.51. The van der Waals surface area contributed by atoms with Crippen LogP contribution in [0, 0.1) is 0 Å². The van der Waals surface area contributed by atoms with Gasteiger partial charge in [0.2, 0.25) is 10.0 Å². The van der Waals surface area contributed by atoms with Crippen molar-refractivity contribution in [3.8, 4) is 0 Å². The molecule has 1 aromatic carbocycles. The van der Waals surface area contributed by atoms with E-state index in [0.29, 0.717) is 12.0 Å². The normalized spacial score (nSPS) is 10.8. The number of methoxy groups -OCH3 is 1.